The molecular weight excluding hydrogens is 445 g/mol. The quantitative estimate of drug-likeness (QED) is 0.484. The highest BCUT2D eigenvalue weighted by Gasteiger charge is 2.22. The number of rotatable bonds is 7. The Morgan fingerprint density at radius 1 is 1.20 bits per heavy atom. The van der Waals surface area contributed by atoms with E-state index in [1.165, 1.54) is 35.2 Å². The van der Waals surface area contributed by atoms with Crippen LogP contribution in [0.25, 0.3) is 10.2 Å². The summed E-state index contributed by atoms with van der Waals surface area (Å²) in [6.07, 6.45) is 0. The van der Waals surface area contributed by atoms with E-state index in [-0.39, 0.29) is 24.1 Å². The van der Waals surface area contributed by atoms with E-state index < -0.39 is 0 Å². The number of amides is 1. The van der Waals surface area contributed by atoms with E-state index in [0.717, 1.165) is 42.4 Å². The molecule has 5 nitrogen and oxygen atoms in total. The molecule has 0 N–H and O–H groups in total. The lowest BCUT2D eigenvalue weighted by Gasteiger charge is -2.29. The third kappa shape index (κ3) is 5.92. The number of carbonyl (C=O) groups is 1. The van der Waals surface area contributed by atoms with Crippen molar-refractivity contribution in [3.05, 3.63) is 54.3 Å². The monoisotopic (exact) mass is 467 g/mol. The molecule has 2 aromatic carbocycles. The van der Waals surface area contributed by atoms with Crippen molar-refractivity contribution in [2.45, 2.75) is 4.90 Å². The largest absolute Gasteiger partial charge is 0.379 e. The van der Waals surface area contributed by atoms with Crippen molar-refractivity contribution in [3.63, 3.8) is 0 Å². The topological polar surface area (TPSA) is 45.7 Å². The summed E-state index contributed by atoms with van der Waals surface area (Å²) >= 11 is 2.87. The van der Waals surface area contributed by atoms with Gasteiger partial charge in [-0.2, -0.15) is 0 Å². The number of aromatic nitrogens is 1. The molecule has 0 unspecified atom stereocenters. The van der Waals surface area contributed by atoms with E-state index in [4.69, 9.17) is 4.74 Å². The van der Waals surface area contributed by atoms with Crippen LogP contribution in [0.1, 0.15) is 0 Å². The van der Waals surface area contributed by atoms with Crippen molar-refractivity contribution >= 4 is 56.8 Å². The third-order valence-electron chi connectivity index (χ3n) is 4.72. The molecule has 0 aliphatic carbocycles. The van der Waals surface area contributed by atoms with Crippen molar-refractivity contribution in [2.24, 2.45) is 0 Å². The van der Waals surface area contributed by atoms with E-state index in [0.29, 0.717) is 22.9 Å². The summed E-state index contributed by atoms with van der Waals surface area (Å²) in [5.41, 5.74) is 0.714. The highest BCUT2D eigenvalue weighted by molar-refractivity contribution is 8.00. The zero-order valence-electron chi connectivity index (χ0n) is 16.3. The Hall–Kier alpha value is -1.71. The van der Waals surface area contributed by atoms with Gasteiger partial charge < -0.3 is 4.74 Å². The number of anilines is 1. The second-order valence-corrected chi connectivity index (χ2v) is 8.77. The van der Waals surface area contributed by atoms with E-state index in [1.54, 1.807) is 11.0 Å². The van der Waals surface area contributed by atoms with Crippen molar-refractivity contribution in [1.82, 2.24) is 9.88 Å². The number of hydrogen-bond donors (Lipinski definition) is 0. The van der Waals surface area contributed by atoms with E-state index >= 15 is 0 Å². The molecule has 1 fully saturated rings. The summed E-state index contributed by atoms with van der Waals surface area (Å²) in [6.45, 7) is 4.49. The van der Waals surface area contributed by atoms with Crippen LogP contribution in [-0.4, -0.2) is 60.9 Å². The smallest absolute Gasteiger partial charge is 0.239 e. The second-order valence-electron chi connectivity index (χ2n) is 6.71. The minimum Gasteiger partial charge on any atom is -0.379 e. The standard InChI is InChI=1S/C21H22FN3O2S2.ClH/c22-16-6-7-18-19(14-16)29-21(23-18)25(9-8-24-10-12-27-13-11-24)20(26)15-28-17-4-2-1-3-5-17;/h1-7,14H,8-13,15H2;1H. The second kappa shape index (κ2) is 11.1. The van der Waals surface area contributed by atoms with Crippen LogP contribution in [0, 0.1) is 5.82 Å². The first-order valence-corrected chi connectivity index (χ1v) is 11.3. The highest BCUT2D eigenvalue weighted by atomic mass is 35.5. The summed E-state index contributed by atoms with van der Waals surface area (Å²) in [5, 5.41) is 0.623. The number of benzene rings is 2. The first-order chi connectivity index (χ1) is 14.2. The Kier molecular flexibility index (Phi) is 8.47. The molecule has 1 saturated heterocycles. The lowest BCUT2D eigenvalue weighted by Crippen LogP contribution is -2.43. The van der Waals surface area contributed by atoms with Gasteiger partial charge in [0, 0.05) is 31.1 Å². The fourth-order valence-corrected chi connectivity index (χ4v) is 4.96. The zero-order valence-corrected chi connectivity index (χ0v) is 18.8. The molecule has 0 bridgehead atoms. The summed E-state index contributed by atoms with van der Waals surface area (Å²) in [7, 11) is 0. The molecule has 1 aliphatic heterocycles. The fourth-order valence-electron chi connectivity index (χ4n) is 3.13. The molecule has 0 spiro atoms. The number of thiazole rings is 1. The molecule has 30 heavy (non-hydrogen) atoms. The normalized spacial score (nSPS) is 14.4. The minimum atomic E-state index is -0.293. The van der Waals surface area contributed by atoms with Crippen molar-refractivity contribution < 1.29 is 13.9 Å². The first-order valence-electron chi connectivity index (χ1n) is 9.53. The molecule has 0 saturated carbocycles. The molecule has 3 aromatic rings. The third-order valence-corrected chi connectivity index (χ3v) is 6.76. The van der Waals surface area contributed by atoms with Gasteiger partial charge in [0.05, 0.1) is 29.2 Å². The number of hydrogen-bond acceptors (Lipinski definition) is 6. The van der Waals surface area contributed by atoms with Crippen molar-refractivity contribution in [3.8, 4) is 0 Å². The van der Waals surface area contributed by atoms with Gasteiger partial charge in [-0.1, -0.05) is 29.5 Å². The lowest BCUT2D eigenvalue weighted by molar-refractivity contribution is -0.116. The molecule has 4 rings (SSSR count). The number of halogens is 2. The van der Waals surface area contributed by atoms with Crippen LogP contribution < -0.4 is 4.90 Å². The SMILES string of the molecule is Cl.O=C(CSc1ccccc1)N(CCN1CCOCC1)c1nc2ccc(F)cc2s1. The van der Waals surface area contributed by atoms with Gasteiger partial charge in [0.2, 0.25) is 5.91 Å². The maximum atomic E-state index is 13.6. The van der Waals surface area contributed by atoms with E-state index in [9.17, 15) is 9.18 Å². The Labute approximate surface area is 189 Å². The molecule has 9 heteroatoms. The maximum absolute atomic E-state index is 13.6. The Balaban J connectivity index is 0.00000256. The predicted molar refractivity (Wildman–Crippen MR) is 124 cm³/mol. The number of thioether (sulfide) groups is 1. The number of morpholine rings is 1. The summed E-state index contributed by atoms with van der Waals surface area (Å²) < 4.78 is 19.7. The van der Waals surface area contributed by atoms with E-state index in [2.05, 4.69) is 9.88 Å². The van der Waals surface area contributed by atoms with Gasteiger partial charge in [0.1, 0.15) is 5.82 Å². The van der Waals surface area contributed by atoms with Gasteiger partial charge in [-0.25, -0.2) is 9.37 Å². The Morgan fingerprint density at radius 3 is 2.73 bits per heavy atom. The van der Waals surface area contributed by atoms with Crippen LogP contribution in [0.3, 0.4) is 0 Å². The molecule has 1 aliphatic rings. The summed E-state index contributed by atoms with van der Waals surface area (Å²) in [4.78, 5) is 22.8. The zero-order chi connectivity index (χ0) is 20.1. The molecule has 1 aromatic heterocycles. The van der Waals surface area contributed by atoms with Gasteiger partial charge in [0.15, 0.2) is 5.13 Å². The van der Waals surface area contributed by atoms with Crippen molar-refractivity contribution in [2.75, 3.05) is 50.0 Å². The van der Waals surface area contributed by atoms with Crippen LogP contribution in [0.15, 0.2) is 53.4 Å². The number of fused-ring (bicyclic) bond motifs is 1. The highest BCUT2D eigenvalue weighted by Crippen LogP contribution is 2.30. The van der Waals surface area contributed by atoms with Gasteiger partial charge in [-0.15, -0.1) is 24.2 Å². The summed E-state index contributed by atoms with van der Waals surface area (Å²) in [5.74, 6) is 0.0439. The average molecular weight is 468 g/mol. The number of carbonyl (C=O) groups excluding carboxylic acids is 1. The van der Waals surface area contributed by atoms with Crippen LogP contribution >= 0.6 is 35.5 Å². The lowest BCUT2D eigenvalue weighted by atomic mass is 10.3. The van der Waals surface area contributed by atoms with Crippen LogP contribution in [0.4, 0.5) is 9.52 Å². The average Bonchev–Trinajstić information content (AvgIpc) is 3.16. The summed E-state index contributed by atoms with van der Waals surface area (Å²) in [6, 6.07) is 14.4. The van der Waals surface area contributed by atoms with Crippen LogP contribution in [0.2, 0.25) is 0 Å². The minimum absolute atomic E-state index is 0. The van der Waals surface area contributed by atoms with Crippen molar-refractivity contribution in [1.29, 1.82) is 0 Å². The molecule has 160 valence electrons. The van der Waals surface area contributed by atoms with Gasteiger partial charge in [0.25, 0.3) is 0 Å². The Bertz CT molecular complexity index is 967. The molecule has 0 atom stereocenters. The van der Waals surface area contributed by atoms with E-state index in [1.807, 2.05) is 30.3 Å². The fraction of sp³-hybridized carbons (Fsp3) is 0.333. The Morgan fingerprint density at radius 2 is 1.97 bits per heavy atom. The van der Waals surface area contributed by atoms with Crippen LogP contribution in [0.5, 0.6) is 0 Å². The van der Waals surface area contributed by atoms with Crippen LogP contribution in [-0.2, 0) is 9.53 Å². The molecule has 1 amide bonds. The maximum Gasteiger partial charge on any atom is 0.239 e. The predicted octanol–water partition coefficient (Wildman–Crippen LogP) is 4.31. The van der Waals surface area contributed by atoms with Gasteiger partial charge in [-0.3, -0.25) is 14.6 Å². The van der Waals surface area contributed by atoms with Gasteiger partial charge >= 0.3 is 0 Å². The molecular formula is C21H23ClFN3O2S2. The number of nitrogens with zero attached hydrogens (tertiary/aromatic N) is 3. The molecule has 2 heterocycles. The number of ether oxygens (including phenoxy) is 1. The molecule has 0 radical (unpaired) electrons. The van der Waals surface area contributed by atoms with Gasteiger partial charge in [-0.05, 0) is 30.3 Å². The first kappa shape index (κ1) is 23.0.